The van der Waals surface area contributed by atoms with Gasteiger partial charge in [-0.15, -0.1) is 0 Å². The van der Waals surface area contributed by atoms with Gasteiger partial charge in [0.15, 0.2) is 5.69 Å². The van der Waals surface area contributed by atoms with Crippen molar-refractivity contribution in [3.8, 4) is 0 Å². The Morgan fingerprint density at radius 1 is 1.32 bits per heavy atom. The van der Waals surface area contributed by atoms with Crippen molar-refractivity contribution >= 4 is 22.6 Å². The highest BCUT2D eigenvalue weighted by Crippen LogP contribution is 2.22. The van der Waals surface area contributed by atoms with Crippen LogP contribution in [-0.2, 0) is 0 Å². The van der Waals surface area contributed by atoms with Gasteiger partial charge in [0.25, 0.3) is 0 Å². The number of aromatic nitrogens is 1. The Kier molecular flexibility index (Phi) is 4.30. The number of hydrogen-bond donors (Lipinski definition) is 3. The van der Waals surface area contributed by atoms with Crippen LogP contribution in [-0.4, -0.2) is 36.2 Å². The molecule has 5 nitrogen and oxygen atoms in total. The van der Waals surface area contributed by atoms with Gasteiger partial charge >= 0.3 is 5.97 Å². The molecule has 0 saturated carbocycles. The maximum atomic E-state index is 11.1. The maximum Gasteiger partial charge on any atom is 0.354 e. The van der Waals surface area contributed by atoms with Gasteiger partial charge in [-0.2, -0.15) is 0 Å². The fraction of sp³-hybridized carbons (Fsp3) is 0.286. The number of aromatic carboxylic acids is 1. The van der Waals surface area contributed by atoms with E-state index in [1.165, 1.54) is 0 Å². The first-order valence-electron chi connectivity index (χ1n) is 6.24. The van der Waals surface area contributed by atoms with Crippen LogP contribution >= 0.6 is 0 Å². The van der Waals surface area contributed by atoms with E-state index in [0.717, 1.165) is 30.3 Å². The SMILES string of the molecule is CNCCCNc1nc(C(=O)O)cc2ccccc12. The summed E-state index contributed by atoms with van der Waals surface area (Å²) < 4.78 is 0. The van der Waals surface area contributed by atoms with Gasteiger partial charge in [0.05, 0.1) is 0 Å². The van der Waals surface area contributed by atoms with Crippen LogP contribution in [0.1, 0.15) is 16.9 Å². The number of carbonyl (C=O) groups is 1. The van der Waals surface area contributed by atoms with Crippen molar-refractivity contribution in [2.75, 3.05) is 25.5 Å². The van der Waals surface area contributed by atoms with Crippen LogP contribution in [0.15, 0.2) is 30.3 Å². The molecule has 2 rings (SSSR count). The monoisotopic (exact) mass is 259 g/mol. The van der Waals surface area contributed by atoms with Crippen LogP contribution in [0, 0.1) is 0 Å². The third-order valence-electron chi connectivity index (χ3n) is 2.86. The number of rotatable bonds is 6. The van der Waals surface area contributed by atoms with Crippen molar-refractivity contribution in [1.82, 2.24) is 10.3 Å². The van der Waals surface area contributed by atoms with E-state index >= 15 is 0 Å². The van der Waals surface area contributed by atoms with Gasteiger partial charge in [-0.3, -0.25) is 0 Å². The summed E-state index contributed by atoms with van der Waals surface area (Å²) in [6.07, 6.45) is 0.948. The molecule has 5 heteroatoms. The Hall–Kier alpha value is -2.14. The van der Waals surface area contributed by atoms with E-state index in [0.29, 0.717) is 5.82 Å². The molecule has 0 fully saturated rings. The minimum absolute atomic E-state index is 0.0646. The summed E-state index contributed by atoms with van der Waals surface area (Å²) in [5.41, 5.74) is 0.0646. The molecule has 0 bridgehead atoms. The summed E-state index contributed by atoms with van der Waals surface area (Å²) in [5.74, 6) is -0.379. The number of hydrogen-bond acceptors (Lipinski definition) is 4. The number of anilines is 1. The molecule has 1 heterocycles. The van der Waals surface area contributed by atoms with Gasteiger partial charge in [0.2, 0.25) is 0 Å². The lowest BCUT2D eigenvalue weighted by Gasteiger charge is -2.10. The molecule has 0 amide bonds. The molecule has 0 spiro atoms. The van der Waals surface area contributed by atoms with Crippen LogP contribution in [0.25, 0.3) is 10.8 Å². The Labute approximate surface area is 111 Å². The van der Waals surface area contributed by atoms with Crippen LogP contribution < -0.4 is 10.6 Å². The zero-order chi connectivity index (χ0) is 13.7. The molecule has 0 atom stereocenters. The van der Waals surface area contributed by atoms with Crippen LogP contribution in [0.5, 0.6) is 0 Å². The van der Waals surface area contributed by atoms with Crippen molar-refractivity contribution in [2.24, 2.45) is 0 Å². The van der Waals surface area contributed by atoms with E-state index in [9.17, 15) is 4.79 Å². The zero-order valence-corrected chi connectivity index (χ0v) is 10.8. The minimum atomic E-state index is -1.01. The molecule has 19 heavy (non-hydrogen) atoms. The molecule has 0 saturated heterocycles. The van der Waals surface area contributed by atoms with E-state index in [-0.39, 0.29) is 5.69 Å². The van der Waals surface area contributed by atoms with E-state index in [4.69, 9.17) is 5.11 Å². The van der Waals surface area contributed by atoms with Crippen LogP contribution in [0.3, 0.4) is 0 Å². The second-order valence-electron chi connectivity index (χ2n) is 4.27. The van der Waals surface area contributed by atoms with E-state index in [2.05, 4.69) is 15.6 Å². The molecule has 3 N–H and O–H groups in total. The second-order valence-corrected chi connectivity index (χ2v) is 4.27. The number of nitrogens with zero attached hydrogens (tertiary/aromatic N) is 1. The fourth-order valence-electron chi connectivity index (χ4n) is 1.92. The largest absolute Gasteiger partial charge is 0.477 e. The third kappa shape index (κ3) is 3.20. The number of fused-ring (bicyclic) bond motifs is 1. The summed E-state index contributed by atoms with van der Waals surface area (Å²) in [7, 11) is 1.90. The zero-order valence-electron chi connectivity index (χ0n) is 10.8. The Bertz CT molecular complexity index is 584. The summed E-state index contributed by atoms with van der Waals surface area (Å²) in [4.78, 5) is 15.2. The van der Waals surface area contributed by atoms with Crippen molar-refractivity contribution < 1.29 is 9.90 Å². The van der Waals surface area contributed by atoms with Gasteiger partial charge in [0, 0.05) is 11.9 Å². The van der Waals surface area contributed by atoms with Crippen molar-refractivity contribution in [3.63, 3.8) is 0 Å². The molecule has 1 aromatic carbocycles. The van der Waals surface area contributed by atoms with Crippen LogP contribution in [0.2, 0.25) is 0 Å². The number of carboxylic acids is 1. The van der Waals surface area contributed by atoms with Crippen LogP contribution in [0.4, 0.5) is 5.82 Å². The molecule has 0 unspecified atom stereocenters. The molecule has 100 valence electrons. The number of pyridine rings is 1. The van der Waals surface area contributed by atoms with Gasteiger partial charge in [-0.1, -0.05) is 24.3 Å². The molecule has 0 aliphatic rings. The average Bonchev–Trinajstić information content (AvgIpc) is 2.43. The molecular weight excluding hydrogens is 242 g/mol. The molecule has 0 aliphatic heterocycles. The predicted molar refractivity (Wildman–Crippen MR) is 75.7 cm³/mol. The normalized spacial score (nSPS) is 10.6. The van der Waals surface area contributed by atoms with Gasteiger partial charge in [-0.05, 0) is 31.5 Å². The Morgan fingerprint density at radius 3 is 2.84 bits per heavy atom. The van der Waals surface area contributed by atoms with Gasteiger partial charge < -0.3 is 15.7 Å². The Balaban J connectivity index is 2.31. The first kappa shape index (κ1) is 13.3. The van der Waals surface area contributed by atoms with E-state index in [1.807, 2.05) is 31.3 Å². The molecule has 2 aromatic rings. The van der Waals surface area contributed by atoms with Gasteiger partial charge in [0.1, 0.15) is 5.82 Å². The number of benzene rings is 1. The summed E-state index contributed by atoms with van der Waals surface area (Å²) >= 11 is 0. The van der Waals surface area contributed by atoms with Crippen molar-refractivity contribution in [1.29, 1.82) is 0 Å². The minimum Gasteiger partial charge on any atom is -0.477 e. The second kappa shape index (κ2) is 6.15. The lowest BCUT2D eigenvalue weighted by atomic mass is 10.1. The van der Waals surface area contributed by atoms with E-state index in [1.54, 1.807) is 6.07 Å². The lowest BCUT2D eigenvalue weighted by molar-refractivity contribution is 0.0691. The lowest BCUT2D eigenvalue weighted by Crippen LogP contribution is -2.14. The standard InChI is InChI=1S/C14H17N3O2/c1-15-7-4-8-16-13-11-6-3-2-5-10(11)9-12(17-13)14(18)19/h2-3,5-6,9,15H,4,7-8H2,1H3,(H,16,17)(H,18,19). The van der Waals surface area contributed by atoms with E-state index < -0.39 is 5.97 Å². The topological polar surface area (TPSA) is 74.2 Å². The highest BCUT2D eigenvalue weighted by Gasteiger charge is 2.10. The average molecular weight is 259 g/mol. The smallest absolute Gasteiger partial charge is 0.354 e. The first-order valence-corrected chi connectivity index (χ1v) is 6.24. The van der Waals surface area contributed by atoms with Crippen molar-refractivity contribution in [3.05, 3.63) is 36.0 Å². The summed E-state index contributed by atoms with van der Waals surface area (Å²) in [6, 6.07) is 9.23. The predicted octanol–water partition coefficient (Wildman–Crippen LogP) is 1.95. The summed E-state index contributed by atoms with van der Waals surface area (Å²) in [5, 5.41) is 17.2. The molecular formula is C14H17N3O2. The quantitative estimate of drug-likeness (QED) is 0.691. The highest BCUT2D eigenvalue weighted by molar-refractivity contribution is 5.97. The first-order chi connectivity index (χ1) is 9.22. The third-order valence-corrected chi connectivity index (χ3v) is 2.86. The molecule has 1 aromatic heterocycles. The molecule has 0 aliphatic carbocycles. The Morgan fingerprint density at radius 2 is 2.11 bits per heavy atom. The maximum absolute atomic E-state index is 11.1. The number of nitrogens with one attached hydrogen (secondary N) is 2. The fourth-order valence-corrected chi connectivity index (χ4v) is 1.92. The molecule has 0 radical (unpaired) electrons. The number of carboxylic acid groups (broad SMARTS) is 1. The highest BCUT2D eigenvalue weighted by atomic mass is 16.4. The summed E-state index contributed by atoms with van der Waals surface area (Å²) in [6.45, 7) is 1.66. The van der Waals surface area contributed by atoms with Crippen molar-refractivity contribution in [2.45, 2.75) is 6.42 Å². The van der Waals surface area contributed by atoms with Gasteiger partial charge in [-0.25, -0.2) is 9.78 Å².